The van der Waals surface area contributed by atoms with Gasteiger partial charge in [-0.3, -0.25) is 9.59 Å². The quantitative estimate of drug-likeness (QED) is 0.821. The maximum absolute atomic E-state index is 12.5. The summed E-state index contributed by atoms with van der Waals surface area (Å²) in [5.74, 6) is 0.140. The lowest BCUT2D eigenvalue weighted by Gasteiger charge is -2.13. The van der Waals surface area contributed by atoms with Crippen molar-refractivity contribution in [3.05, 3.63) is 41.5 Å². The third-order valence-electron chi connectivity index (χ3n) is 3.33. The monoisotopic (exact) mass is 346 g/mol. The first kappa shape index (κ1) is 18.4. The van der Waals surface area contributed by atoms with Crippen LogP contribution < -0.4 is 15.8 Å². The zero-order valence-corrected chi connectivity index (χ0v) is 14.7. The molecule has 1 aromatic heterocycles. The normalized spacial score (nSPS) is 12.5. The van der Waals surface area contributed by atoms with Crippen LogP contribution in [0.5, 0.6) is 5.75 Å². The van der Waals surface area contributed by atoms with Crippen LogP contribution in [0.3, 0.4) is 0 Å². The van der Waals surface area contributed by atoms with E-state index in [1.165, 1.54) is 0 Å². The van der Waals surface area contributed by atoms with Gasteiger partial charge in [0.1, 0.15) is 11.8 Å². The van der Waals surface area contributed by atoms with E-state index in [2.05, 4.69) is 15.5 Å². The molecule has 1 aromatic carbocycles. The minimum absolute atomic E-state index is 0.249. The highest BCUT2D eigenvalue weighted by Gasteiger charge is 2.24. The second kappa shape index (κ2) is 7.33. The molecule has 0 bridgehead atoms. The van der Waals surface area contributed by atoms with E-state index >= 15 is 0 Å². The van der Waals surface area contributed by atoms with Crippen molar-refractivity contribution in [1.29, 1.82) is 0 Å². The van der Waals surface area contributed by atoms with E-state index in [-0.39, 0.29) is 29.2 Å². The summed E-state index contributed by atoms with van der Waals surface area (Å²) < 4.78 is 10.5. The maximum Gasteiger partial charge on any atom is 0.255 e. The van der Waals surface area contributed by atoms with Crippen LogP contribution in [0, 0.1) is 0 Å². The molecule has 1 atom stereocenters. The molecule has 1 unspecified atom stereocenters. The molecule has 2 rings (SSSR count). The number of hydrogen-bond acceptors (Lipinski definition) is 6. The van der Waals surface area contributed by atoms with Gasteiger partial charge in [0.2, 0.25) is 5.89 Å². The van der Waals surface area contributed by atoms with Crippen molar-refractivity contribution in [1.82, 2.24) is 15.5 Å². The molecule has 8 heteroatoms. The van der Waals surface area contributed by atoms with Crippen molar-refractivity contribution in [2.75, 3.05) is 6.61 Å². The molecule has 0 fully saturated rings. The van der Waals surface area contributed by atoms with Gasteiger partial charge in [0.15, 0.2) is 12.4 Å². The number of carbonyl (C=O) groups excluding carboxylic acids is 2. The van der Waals surface area contributed by atoms with E-state index < -0.39 is 11.9 Å². The number of primary amides is 1. The summed E-state index contributed by atoms with van der Waals surface area (Å²) in [6, 6.07) is 6.09. The Labute approximate surface area is 145 Å². The molecule has 0 saturated heterocycles. The fourth-order valence-electron chi connectivity index (χ4n) is 1.98. The number of carbonyl (C=O) groups is 2. The Morgan fingerprint density at radius 1 is 1.32 bits per heavy atom. The number of nitrogens with one attached hydrogen (secondary N) is 1. The number of benzene rings is 1. The van der Waals surface area contributed by atoms with Crippen LogP contribution in [0.1, 0.15) is 55.8 Å². The second-order valence-electron chi connectivity index (χ2n) is 6.65. The lowest BCUT2D eigenvalue weighted by Crippen LogP contribution is -2.28. The highest BCUT2D eigenvalue weighted by Crippen LogP contribution is 2.22. The Morgan fingerprint density at radius 3 is 2.60 bits per heavy atom. The largest absolute Gasteiger partial charge is 0.483 e. The molecule has 8 nitrogen and oxygen atoms in total. The SMILES string of the molecule is CC(NC(=O)c1ccccc1OCC(N)=O)c1nc(C(C)(C)C)no1. The Balaban J connectivity index is 2.11. The van der Waals surface area contributed by atoms with Crippen molar-refractivity contribution >= 4 is 11.8 Å². The number of aromatic nitrogens is 2. The van der Waals surface area contributed by atoms with E-state index in [0.717, 1.165) is 0 Å². The smallest absolute Gasteiger partial charge is 0.255 e. The topological polar surface area (TPSA) is 120 Å². The lowest BCUT2D eigenvalue weighted by atomic mass is 9.96. The summed E-state index contributed by atoms with van der Waals surface area (Å²) in [4.78, 5) is 27.7. The minimum atomic E-state index is -0.621. The third kappa shape index (κ3) is 4.79. The molecule has 0 saturated carbocycles. The molecule has 0 aliphatic rings. The average Bonchev–Trinajstić information content (AvgIpc) is 3.03. The Morgan fingerprint density at radius 2 is 2.00 bits per heavy atom. The van der Waals surface area contributed by atoms with Gasteiger partial charge in [0, 0.05) is 5.41 Å². The predicted molar refractivity (Wildman–Crippen MR) is 90.0 cm³/mol. The Bertz CT molecular complexity index is 764. The maximum atomic E-state index is 12.5. The van der Waals surface area contributed by atoms with Crippen molar-refractivity contribution in [3.63, 3.8) is 0 Å². The van der Waals surface area contributed by atoms with E-state index in [1.807, 2.05) is 20.8 Å². The summed E-state index contributed by atoms with van der Waals surface area (Å²) in [5, 5.41) is 6.72. The molecule has 0 aliphatic carbocycles. The van der Waals surface area contributed by atoms with Gasteiger partial charge < -0.3 is 20.3 Å². The van der Waals surface area contributed by atoms with E-state index in [9.17, 15) is 9.59 Å². The van der Waals surface area contributed by atoms with Crippen LogP contribution in [0.15, 0.2) is 28.8 Å². The van der Waals surface area contributed by atoms with Crippen molar-refractivity contribution in [2.45, 2.75) is 39.2 Å². The summed E-state index contributed by atoms with van der Waals surface area (Å²) >= 11 is 0. The average molecular weight is 346 g/mol. The van der Waals surface area contributed by atoms with Crippen LogP contribution >= 0.6 is 0 Å². The number of para-hydroxylation sites is 1. The van der Waals surface area contributed by atoms with Crippen LogP contribution in [0.25, 0.3) is 0 Å². The van der Waals surface area contributed by atoms with Gasteiger partial charge in [-0.1, -0.05) is 38.1 Å². The van der Waals surface area contributed by atoms with Crippen molar-refractivity contribution < 1.29 is 18.8 Å². The van der Waals surface area contributed by atoms with Crippen LogP contribution in [-0.2, 0) is 10.2 Å². The zero-order chi connectivity index (χ0) is 18.6. The summed E-state index contributed by atoms with van der Waals surface area (Å²) in [7, 11) is 0. The van der Waals surface area contributed by atoms with Gasteiger partial charge in [-0.15, -0.1) is 0 Å². The fraction of sp³-hybridized carbons (Fsp3) is 0.412. The molecule has 0 radical (unpaired) electrons. The summed E-state index contributed by atoms with van der Waals surface area (Å²) in [6.07, 6.45) is 0. The molecule has 0 spiro atoms. The number of nitrogens with two attached hydrogens (primary N) is 1. The molecule has 134 valence electrons. The molecule has 1 heterocycles. The third-order valence-corrected chi connectivity index (χ3v) is 3.33. The van der Waals surface area contributed by atoms with Gasteiger partial charge in [0.05, 0.1) is 5.56 Å². The first-order valence-corrected chi connectivity index (χ1v) is 7.83. The second-order valence-corrected chi connectivity index (χ2v) is 6.65. The van der Waals surface area contributed by atoms with Crippen LogP contribution in [-0.4, -0.2) is 28.6 Å². The number of rotatable bonds is 6. The zero-order valence-electron chi connectivity index (χ0n) is 14.7. The summed E-state index contributed by atoms with van der Waals surface area (Å²) in [6.45, 7) is 7.34. The number of nitrogens with zero attached hydrogens (tertiary/aromatic N) is 2. The minimum Gasteiger partial charge on any atom is -0.483 e. The lowest BCUT2D eigenvalue weighted by molar-refractivity contribution is -0.119. The van der Waals surface area contributed by atoms with Gasteiger partial charge in [0.25, 0.3) is 11.8 Å². The van der Waals surface area contributed by atoms with Crippen molar-refractivity contribution in [3.8, 4) is 5.75 Å². The molecular formula is C17H22N4O4. The molecule has 3 N–H and O–H groups in total. The number of amides is 2. The van der Waals surface area contributed by atoms with Crippen LogP contribution in [0.2, 0.25) is 0 Å². The van der Waals surface area contributed by atoms with E-state index in [0.29, 0.717) is 11.7 Å². The van der Waals surface area contributed by atoms with Gasteiger partial charge in [-0.2, -0.15) is 4.98 Å². The predicted octanol–water partition coefficient (Wildman–Crippen LogP) is 1.72. The van der Waals surface area contributed by atoms with Gasteiger partial charge in [-0.05, 0) is 19.1 Å². The first-order valence-electron chi connectivity index (χ1n) is 7.83. The van der Waals surface area contributed by atoms with Gasteiger partial charge in [-0.25, -0.2) is 0 Å². The van der Waals surface area contributed by atoms with E-state index in [4.69, 9.17) is 15.0 Å². The van der Waals surface area contributed by atoms with Crippen LogP contribution in [0.4, 0.5) is 0 Å². The molecule has 0 aliphatic heterocycles. The standard InChI is InChI=1S/C17H22N4O4/c1-10(15-20-16(21-25-15)17(2,3)4)19-14(23)11-7-5-6-8-12(11)24-9-13(18)22/h5-8,10H,9H2,1-4H3,(H2,18,22)(H,19,23). The highest BCUT2D eigenvalue weighted by molar-refractivity contribution is 5.97. The van der Waals surface area contributed by atoms with E-state index in [1.54, 1.807) is 31.2 Å². The molecule has 2 aromatic rings. The summed E-state index contributed by atoms with van der Waals surface area (Å²) in [5.41, 5.74) is 5.10. The number of hydrogen-bond donors (Lipinski definition) is 2. The molecule has 2 amide bonds. The first-order chi connectivity index (χ1) is 11.7. The number of ether oxygens (including phenoxy) is 1. The molecule has 25 heavy (non-hydrogen) atoms. The van der Waals surface area contributed by atoms with Gasteiger partial charge >= 0.3 is 0 Å². The molecular weight excluding hydrogens is 324 g/mol. The van der Waals surface area contributed by atoms with Crippen molar-refractivity contribution in [2.24, 2.45) is 5.73 Å². The Kier molecular flexibility index (Phi) is 5.41. The fourth-order valence-corrected chi connectivity index (χ4v) is 1.98. The Hall–Kier alpha value is -2.90. The highest BCUT2D eigenvalue weighted by atomic mass is 16.5.